The molecule has 0 amide bonds. The number of ether oxygens (including phenoxy) is 2. The van der Waals surface area contributed by atoms with Crippen LogP contribution in [-0.2, 0) is 22.6 Å². The van der Waals surface area contributed by atoms with Gasteiger partial charge in [-0.15, -0.1) is 0 Å². The van der Waals surface area contributed by atoms with E-state index in [-0.39, 0.29) is 12.4 Å². The number of rotatable bonds is 10. The van der Waals surface area contributed by atoms with E-state index in [0.717, 1.165) is 33.2 Å². The first-order valence-electron chi connectivity index (χ1n) is 12.8. The lowest BCUT2D eigenvalue weighted by Gasteiger charge is -2.12. The highest BCUT2D eigenvalue weighted by molar-refractivity contribution is 5.93. The SMILES string of the molecule is CCCCCC.CCOC(=O)Cc1ccccc1OCc1cc(-c2ccc(N)cc2)c2occc2c1. The van der Waals surface area contributed by atoms with Crippen LogP contribution in [0.1, 0.15) is 57.6 Å². The summed E-state index contributed by atoms with van der Waals surface area (Å²) in [4.78, 5) is 11.9. The largest absolute Gasteiger partial charge is 0.489 e. The average Bonchev–Trinajstić information content (AvgIpc) is 3.36. The Labute approximate surface area is 214 Å². The number of hydrogen-bond acceptors (Lipinski definition) is 5. The number of esters is 1. The highest BCUT2D eigenvalue weighted by Crippen LogP contribution is 2.32. The van der Waals surface area contributed by atoms with Crippen LogP contribution in [0.15, 0.2) is 77.4 Å². The zero-order valence-corrected chi connectivity index (χ0v) is 21.6. The van der Waals surface area contributed by atoms with Gasteiger partial charge in [0.15, 0.2) is 0 Å². The van der Waals surface area contributed by atoms with Gasteiger partial charge in [0.2, 0.25) is 0 Å². The van der Waals surface area contributed by atoms with Crippen molar-refractivity contribution in [3.05, 3.63) is 84.1 Å². The van der Waals surface area contributed by atoms with Gasteiger partial charge in [0.25, 0.3) is 0 Å². The van der Waals surface area contributed by atoms with E-state index in [4.69, 9.17) is 19.6 Å². The van der Waals surface area contributed by atoms with Crippen molar-refractivity contribution in [3.8, 4) is 16.9 Å². The second-order valence-electron chi connectivity index (χ2n) is 8.69. The summed E-state index contributed by atoms with van der Waals surface area (Å²) in [5.74, 6) is 0.408. The van der Waals surface area contributed by atoms with Crippen LogP contribution in [0.25, 0.3) is 22.1 Å². The lowest BCUT2D eigenvalue weighted by atomic mass is 10.0. The molecule has 0 bridgehead atoms. The Morgan fingerprint density at radius 3 is 2.33 bits per heavy atom. The molecule has 3 aromatic carbocycles. The predicted molar refractivity (Wildman–Crippen MR) is 147 cm³/mol. The average molecular weight is 488 g/mol. The number of carbonyl (C=O) groups excluding carboxylic acids is 1. The molecule has 4 rings (SSSR count). The van der Waals surface area contributed by atoms with Gasteiger partial charge in [0, 0.05) is 22.2 Å². The molecule has 4 aromatic rings. The molecule has 0 fully saturated rings. The summed E-state index contributed by atoms with van der Waals surface area (Å²) in [5.41, 5.74) is 11.2. The Kier molecular flexibility index (Phi) is 10.4. The van der Waals surface area contributed by atoms with E-state index in [9.17, 15) is 4.79 Å². The van der Waals surface area contributed by atoms with Crippen LogP contribution in [0.3, 0.4) is 0 Å². The fraction of sp³-hybridized carbons (Fsp3) is 0.323. The van der Waals surface area contributed by atoms with Crippen LogP contribution in [0.2, 0.25) is 0 Å². The number of benzene rings is 3. The maximum absolute atomic E-state index is 11.9. The van der Waals surface area contributed by atoms with Crippen molar-refractivity contribution >= 4 is 22.6 Å². The number of nitrogen functional groups attached to an aromatic ring is 1. The minimum atomic E-state index is -0.265. The van der Waals surface area contributed by atoms with E-state index in [1.54, 1.807) is 13.2 Å². The summed E-state index contributed by atoms with van der Waals surface area (Å²) < 4.78 is 16.9. The second kappa shape index (κ2) is 14.0. The van der Waals surface area contributed by atoms with E-state index in [0.29, 0.717) is 24.7 Å². The Balaban J connectivity index is 0.000000538. The van der Waals surface area contributed by atoms with Crippen LogP contribution in [0, 0.1) is 0 Å². The van der Waals surface area contributed by atoms with Crippen molar-refractivity contribution in [1.29, 1.82) is 0 Å². The molecule has 5 nitrogen and oxygen atoms in total. The lowest BCUT2D eigenvalue weighted by molar-refractivity contribution is -0.142. The maximum Gasteiger partial charge on any atom is 0.310 e. The summed E-state index contributed by atoms with van der Waals surface area (Å²) in [6.07, 6.45) is 7.40. The van der Waals surface area contributed by atoms with Gasteiger partial charge >= 0.3 is 5.97 Å². The number of nitrogens with two attached hydrogens (primary N) is 1. The Hall–Kier alpha value is -3.73. The number of unbranched alkanes of at least 4 members (excludes halogenated alkanes) is 3. The van der Waals surface area contributed by atoms with E-state index in [1.807, 2.05) is 60.7 Å². The minimum Gasteiger partial charge on any atom is -0.489 e. The first-order chi connectivity index (χ1) is 17.5. The standard InChI is InChI=1S/C25H23NO4.C6H14/c1-2-28-24(27)15-19-5-3-4-6-23(19)30-16-17-13-20-11-12-29-25(20)22(14-17)18-7-9-21(26)10-8-18;1-3-5-6-4-2/h3-14H,2,15-16,26H2,1H3;3-6H2,1-2H3. The van der Waals surface area contributed by atoms with Gasteiger partial charge < -0.3 is 19.6 Å². The molecule has 1 aromatic heterocycles. The van der Waals surface area contributed by atoms with Gasteiger partial charge in [-0.2, -0.15) is 0 Å². The van der Waals surface area contributed by atoms with Crippen LogP contribution >= 0.6 is 0 Å². The molecule has 0 spiro atoms. The van der Waals surface area contributed by atoms with Crippen LogP contribution in [-0.4, -0.2) is 12.6 Å². The molecular formula is C31H37NO4. The maximum atomic E-state index is 11.9. The van der Waals surface area contributed by atoms with Crippen molar-refractivity contribution in [2.45, 2.75) is 59.5 Å². The van der Waals surface area contributed by atoms with Gasteiger partial charge in [0.1, 0.15) is 17.9 Å². The third-order valence-corrected chi connectivity index (χ3v) is 5.80. The molecule has 5 heteroatoms. The van der Waals surface area contributed by atoms with Crippen molar-refractivity contribution in [1.82, 2.24) is 0 Å². The molecule has 0 saturated carbocycles. The third-order valence-electron chi connectivity index (χ3n) is 5.80. The minimum absolute atomic E-state index is 0.182. The molecule has 0 radical (unpaired) electrons. The zero-order valence-electron chi connectivity index (χ0n) is 21.6. The lowest BCUT2D eigenvalue weighted by Crippen LogP contribution is -2.09. The normalized spacial score (nSPS) is 10.5. The topological polar surface area (TPSA) is 74.7 Å². The molecule has 0 aliphatic heterocycles. The zero-order chi connectivity index (χ0) is 25.8. The highest BCUT2D eigenvalue weighted by atomic mass is 16.5. The number of para-hydroxylation sites is 1. The fourth-order valence-electron chi connectivity index (χ4n) is 3.92. The van der Waals surface area contributed by atoms with E-state index in [2.05, 4.69) is 19.9 Å². The van der Waals surface area contributed by atoms with E-state index in [1.165, 1.54) is 25.7 Å². The number of furan rings is 1. The van der Waals surface area contributed by atoms with Gasteiger partial charge in [-0.05, 0) is 54.4 Å². The van der Waals surface area contributed by atoms with E-state index >= 15 is 0 Å². The van der Waals surface area contributed by atoms with Crippen molar-refractivity contribution in [3.63, 3.8) is 0 Å². The Morgan fingerprint density at radius 2 is 1.64 bits per heavy atom. The van der Waals surface area contributed by atoms with Gasteiger partial charge in [-0.3, -0.25) is 4.79 Å². The quantitative estimate of drug-likeness (QED) is 0.139. The van der Waals surface area contributed by atoms with Crippen LogP contribution in [0.4, 0.5) is 5.69 Å². The third kappa shape index (κ3) is 7.64. The molecule has 0 unspecified atom stereocenters. The molecule has 190 valence electrons. The summed E-state index contributed by atoms with van der Waals surface area (Å²) in [6, 6.07) is 21.3. The van der Waals surface area contributed by atoms with Crippen molar-refractivity contribution < 1.29 is 18.7 Å². The van der Waals surface area contributed by atoms with Crippen molar-refractivity contribution in [2.24, 2.45) is 0 Å². The predicted octanol–water partition coefficient (Wildman–Crippen LogP) is 7.95. The Morgan fingerprint density at radius 1 is 0.917 bits per heavy atom. The van der Waals surface area contributed by atoms with Gasteiger partial charge in [-0.1, -0.05) is 69.9 Å². The number of carbonyl (C=O) groups is 1. The molecule has 0 aliphatic carbocycles. The number of hydrogen-bond donors (Lipinski definition) is 1. The molecular weight excluding hydrogens is 450 g/mol. The summed E-state index contributed by atoms with van der Waals surface area (Å²) in [6.45, 7) is 6.99. The second-order valence-corrected chi connectivity index (χ2v) is 8.69. The molecule has 2 N–H and O–H groups in total. The van der Waals surface area contributed by atoms with Gasteiger partial charge in [-0.25, -0.2) is 0 Å². The summed E-state index contributed by atoms with van der Waals surface area (Å²) in [5, 5.41) is 1.00. The fourth-order valence-corrected chi connectivity index (χ4v) is 3.92. The summed E-state index contributed by atoms with van der Waals surface area (Å²) in [7, 11) is 0. The van der Waals surface area contributed by atoms with Crippen LogP contribution < -0.4 is 10.5 Å². The monoisotopic (exact) mass is 487 g/mol. The van der Waals surface area contributed by atoms with Crippen molar-refractivity contribution in [2.75, 3.05) is 12.3 Å². The summed E-state index contributed by atoms with van der Waals surface area (Å²) >= 11 is 0. The first kappa shape index (κ1) is 26.9. The number of fused-ring (bicyclic) bond motifs is 1. The molecule has 0 saturated heterocycles. The first-order valence-corrected chi connectivity index (χ1v) is 12.8. The molecule has 0 atom stereocenters. The Bertz CT molecular complexity index is 1220. The molecule has 1 heterocycles. The van der Waals surface area contributed by atoms with Gasteiger partial charge in [0.05, 0.1) is 19.3 Å². The molecule has 0 aliphatic rings. The number of anilines is 1. The van der Waals surface area contributed by atoms with E-state index < -0.39 is 0 Å². The van der Waals surface area contributed by atoms with Crippen LogP contribution in [0.5, 0.6) is 5.75 Å². The molecule has 36 heavy (non-hydrogen) atoms. The highest BCUT2D eigenvalue weighted by Gasteiger charge is 2.12. The smallest absolute Gasteiger partial charge is 0.310 e.